The zero-order valence-electron chi connectivity index (χ0n) is 18.2. The number of likely N-dealkylation sites (tertiary alicyclic amines) is 1. The second kappa shape index (κ2) is 9.02. The molecule has 6 nitrogen and oxygen atoms in total. The number of nitrogens with two attached hydrogens (primary N) is 1. The van der Waals surface area contributed by atoms with Gasteiger partial charge in [-0.2, -0.15) is 0 Å². The van der Waals surface area contributed by atoms with E-state index in [1.807, 2.05) is 67.3 Å². The summed E-state index contributed by atoms with van der Waals surface area (Å²) in [6.07, 6.45) is 2.99. The summed E-state index contributed by atoms with van der Waals surface area (Å²) >= 11 is 0. The van der Waals surface area contributed by atoms with Gasteiger partial charge in [-0.15, -0.1) is 10.2 Å². The molecule has 3 aromatic rings. The standard InChI is InChI=1S/C25H30N4O2/c1-18-15-16-29(23(18)30)21(14-13-19-9-5-3-6-10-19)22-27-28-24(31-22)25(2,26)17-20-11-7-4-8-12-20/h3-12,18,21H,13-17,26H2,1-2H3/t18?,21?,25-/m1/s1. The molecule has 1 aliphatic rings. The zero-order valence-corrected chi connectivity index (χ0v) is 18.2. The molecule has 1 amide bonds. The number of aromatic nitrogens is 2. The van der Waals surface area contributed by atoms with E-state index >= 15 is 0 Å². The van der Waals surface area contributed by atoms with Crippen molar-refractivity contribution in [1.29, 1.82) is 0 Å². The summed E-state index contributed by atoms with van der Waals surface area (Å²) < 4.78 is 6.13. The summed E-state index contributed by atoms with van der Waals surface area (Å²) in [6.45, 7) is 4.59. The van der Waals surface area contributed by atoms with E-state index in [1.54, 1.807) is 0 Å². The summed E-state index contributed by atoms with van der Waals surface area (Å²) in [7, 11) is 0. The van der Waals surface area contributed by atoms with Gasteiger partial charge in [0.1, 0.15) is 6.04 Å². The molecule has 0 saturated carbocycles. The molecule has 6 heteroatoms. The van der Waals surface area contributed by atoms with Gasteiger partial charge < -0.3 is 15.1 Å². The summed E-state index contributed by atoms with van der Waals surface area (Å²) in [4.78, 5) is 14.7. The van der Waals surface area contributed by atoms with Crippen LogP contribution in [0.25, 0.3) is 0 Å². The first-order valence-electron chi connectivity index (χ1n) is 10.9. The van der Waals surface area contributed by atoms with Gasteiger partial charge in [-0.05, 0) is 43.7 Å². The molecule has 1 aromatic heterocycles. The van der Waals surface area contributed by atoms with E-state index in [4.69, 9.17) is 10.2 Å². The van der Waals surface area contributed by atoms with Gasteiger partial charge in [0.25, 0.3) is 0 Å². The van der Waals surface area contributed by atoms with E-state index < -0.39 is 5.54 Å². The molecule has 2 unspecified atom stereocenters. The zero-order chi connectivity index (χ0) is 21.8. The molecule has 2 heterocycles. The van der Waals surface area contributed by atoms with Crippen molar-refractivity contribution in [3.05, 3.63) is 83.6 Å². The SMILES string of the molecule is CC1CCN(C(CCc2ccccc2)c2nnc([C@](C)(N)Cc3ccccc3)o2)C1=O. The molecule has 4 rings (SSSR count). The maximum atomic E-state index is 12.8. The minimum atomic E-state index is -0.793. The second-order valence-corrected chi connectivity index (χ2v) is 8.79. The largest absolute Gasteiger partial charge is 0.421 e. The minimum absolute atomic E-state index is 0.0273. The predicted octanol–water partition coefficient (Wildman–Crippen LogP) is 4.03. The van der Waals surface area contributed by atoms with Crippen LogP contribution < -0.4 is 5.73 Å². The fraction of sp³-hybridized carbons (Fsp3) is 0.400. The Balaban J connectivity index is 1.56. The van der Waals surface area contributed by atoms with Crippen molar-refractivity contribution in [2.24, 2.45) is 11.7 Å². The molecule has 162 valence electrons. The first kappa shape index (κ1) is 21.2. The molecule has 1 fully saturated rings. The van der Waals surface area contributed by atoms with E-state index in [0.29, 0.717) is 24.7 Å². The maximum Gasteiger partial charge on any atom is 0.239 e. The normalized spacial score (nSPS) is 19.4. The average molecular weight is 419 g/mol. The highest BCUT2D eigenvalue weighted by molar-refractivity contribution is 5.80. The van der Waals surface area contributed by atoms with Crippen LogP contribution in [0.15, 0.2) is 65.1 Å². The quantitative estimate of drug-likeness (QED) is 0.597. The average Bonchev–Trinajstić information content (AvgIpc) is 3.39. The summed E-state index contributed by atoms with van der Waals surface area (Å²) in [5.41, 5.74) is 8.11. The minimum Gasteiger partial charge on any atom is -0.421 e. The van der Waals surface area contributed by atoms with Crippen molar-refractivity contribution in [2.75, 3.05) is 6.54 Å². The summed E-state index contributed by atoms with van der Waals surface area (Å²) in [5, 5.41) is 8.65. The van der Waals surface area contributed by atoms with Crippen LogP contribution in [0.3, 0.4) is 0 Å². The van der Waals surface area contributed by atoms with Gasteiger partial charge in [-0.1, -0.05) is 67.6 Å². The third-order valence-corrected chi connectivity index (χ3v) is 6.06. The lowest BCUT2D eigenvalue weighted by atomic mass is 9.94. The highest BCUT2D eigenvalue weighted by atomic mass is 16.4. The van der Waals surface area contributed by atoms with Crippen LogP contribution in [0.2, 0.25) is 0 Å². The fourth-order valence-corrected chi connectivity index (χ4v) is 4.22. The summed E-state index contributed by atoms with van der Waals surface area (Å²) in [5.74, 6) is 1.05. The van der Waals surface area contributed by atoms with Crippen LogP contribution in [0.1, 0.15) is 55.6 Å². The Morgan fingerprint density at radius 3 is 2.35 bits per heavy atom. The first-order valence-corrected chi connectivity index (χ1v) is 10.9. The molecule has 0 spiro atoms. The van der Waals surface area contributed by atoms with Gasteiger partial charge >= 0.3 is 0 Å². The second-order valence-electron chi connectivity index (χ2n) is 8.79. The molecule has 0 bridgehead atoms. The lowest BCUT2D eigenvalue weighted by Gasteiger charge is -2.26. The highest BCUT2D eigenvalue weighted by Gasteiger charge is 2.37. The van der Waals surface area contributed by atoms with Gasteiger partial charge in [-0.25, -0.2) is 0 Å². The van der Waals surface area contributed by atoms with Crippen molar-refractivity contribution in [3.63, 3.8) is 0 Å². The van der Waals surface area contributed by atoms with Crippen LogP contribution >= 0.6 is 0 Å². The smallest absolute Gasteiger partial charge is 0.239 e. The van der Waals surface area contributed by atoms with Gasteiger partial charge in [-0.3, -0.25) is 4.79 Å². The Morgan fingerprint density at radius 1 is 1.10 bits per heavy atom. The molecular weight excluding hydrogens is 388 g/mol. The number of amides is 1. The Labute approximate surface area is 183 Å². The third-order valence-electron chi connectivity index (χ3n) is 6.06. The molecule has 0 radical (unpaired) electrons. The first-order chi connectivity index (χ1) is 14.9. The molecule has 1 saturated heterocycles. The van der Waals surface area contributed by atoms with Crippen molar-refractivity contribution in [3.8, 4) is 0 Å². The van der Waals surface area contributed by atoms with Crippen molar-refractivity contribution < 1.29 is 9.21 Å². The third kappa shape index (κ3) is 4.85. The molecule has 2 aromatic carbocycles. The Kier molecular flexibility index (Phi) is 6.18. The molecule has 1 aliphatic heterocycles. The van der Waals surface area contributed by atoms with Gasteiger partial charge in [0, 0.05) is 12.5 Å². The van der Waals surface area contributed by atoms with E-state index in [0.717, 1.165) is 24.8 Å². The van der Waals surface area contributed by atoms with E-state index in [-0.39, 0.29) is 17.9 Å². The molecule has 2 N–H and O–H groups in total. The maximum absolute atomic E-state index is 12.8. The number of nitrogens with zero attached hydrogens (tertiary/aromatic N) is 3. The fourth-order valence-electron chi connectivity index (χ4n) is 4.22. The van der Waals surface area contributed by atoms with E-state index in [1.165, 1.54) is 5.56 Å². The van der Waals surface area contributed by atoms with Crippen molar-refractivity contribution in [1.82, 2.24) is 15.1 Å². The molecule has 3 atom stereocenters. The topological polar surface area (TPSA) is 85.2 Å². The van der Waals surface area contributed by atoms with E-state index in [2.05, 4.69) is 22.3 Å². The number of aryl methyl sites for hydroxylation is 1. The Bertz CT molecular complexity index is 1000. The predicted molar refractivity (Wildman–Crippen MR) is 119 cm³/mol. The number of hydrogen-bond acceptors (Lipinski definition) is 5. The number of benzene rings is 2. The van der Waals surface area contributed by atoms with Crippen LogP contribution in [0, 0.1) is 5.92 Å². The van der Waals surface area contributed by atoms with Crippen LogP contribution in [-0.2, 0) is 23.2 Å². The lowest BCUT2D eigenvalue weighted by molar-refractivity contribution is -0.133. The Morgan fingerprint density at radius 2 is 1.74 bits per heavy atom. The van der Waals surface area contributed by atoms with Gasteiger partial charge in [0.05, 0.1) is 5.54 Å². The van der Waals surface area contributed by atoms with Crippen molar-refractivity contribution >= 4 is 5.91 Å². The highest BCUT2D eigenvalue weighted by Crippen LogP contribution is 2.33. The number of rotatable bonds is 8. The summed E-state index contributed by atoms with van der Waals surface area (Å²) in [6, 6.07) is 20.1. The van der Waals surface area contributed by atoms with Crippen LogP contribution in [0.4, 0.5) is 0 Å². The lowest BCUT2D eigenvalue weighted by Crippen LogP contribution is -2.36. The van der Waals surface area contributed by atoms with Crippen LogP contribution in [0.5, 0.6) is 0 Å². The molecular formula is C25H30N4O2. The number of carbonyl (C=O) groups excluding carboxylic acids is 1. The van der Waals surface area contributed by atoms with Gasteiger partial charge in [0.15, 0.2) is 0 Å². The van der Waals surface area contributed by atoms with Crippen molar-refractivity contribution in [2.45, 2.75) is 51.1 Å². The van der Waals surface area contributed by atoms with Crippen LogP contribution in [-0.4, -0.2) is 27.5 Å². The van der Waals surface area contributed by atoms with E-state index in [9.17, 15) is 4.79 Å². The molecule has 31 heavy (non-hydrogen) atoms. The number of carbonyl (C=O) groups is 1. The Hall–Kier alpha value is -2.99. The van der Waals surface area contributed by atoms with Gasteiger partial charge in [0.2, 0.25) is 17.7 Å². The molecule has 0 aliphatic carbocycles. The monoisotopic (exact) mass is 418 g/mol. The number of hydrogen-bond donors (Lipinski definition) is 1.